The van der Waals surface area contributed by atoms with Gasteiger partial charge in [0.1, 0.15) is 31.0 Å². The number of ether oxygens (including phenoxy) is 2. The molecule has 0 aromatic heterocycles. The lowest BCUT2D eigenvalue weighted by Gasteiger charge is -2.35. The molecule has 2 rings (SSSR count). The smallest absolute Gasteiger partial charge is 0.282 e. The number of quaternary nitrogens is 1. The maximum absolute atomic E-state index is 12.6. The number of hydrogen-bond acceptors (Lipinski definition) is 3. The molecule has 1 aliphatic rings. The molecule has 0 unspecified atom stereocenters. The van der Waals surface area contributed by atoms with E-state index in [4.69, 9.17) is 9.47 Å². The maximum Gasteiger partial charge on any atom is 0.282 e. The predicted molar refractivity (Wildman–Crippen MR) is 86.4 cm³/mol. The minimum Gasteiger partial charge on any atom is -0.492 e. The van der Waals surface area contributed by atoms with Crippen molar-refractivity contribution < 1.29 is 19.2 Å². The SMILES string of the molecule is CCOc1ccccc1NC(=O)[C@@H](C)[NH+]1C[C@@H](C)O[C@H](C)C1. The van der Waals surface area contributed by atoms with Crippen molar-refractivity contribution in [3.63, 3.8) is 0 Å². The molecule has 5 heteroatoms. The average Bonchev–Trinajstić information content (AvgIpc) is 2.47. The Morgan fingerprint density at radius 1 is 1.36 bits per heavy atom. The van der Waals surface area contributed by atoms with Crippen LogP contribution in [-0.2, 0) is 9.53 Å². The fourth-order valence-electron chi connectivity index (χ4n) is 2.95. The largest absolute Gasteiger partial charge is 0.492 e. The zero-order chi connectivity index (χ0) is 16.1. The molecule has 5 nitrogen and oxygen atoms in total. The van der Waals surface area contributed by atoms with Gasteiger partial charge >= 0.3 is 0 Å². The van der Waals surface area contributed by atoms with Crippen molar-refractivity contribution in [1.82, 2.24) is 0 Å². The molecule has 1 heterocycles. The van der Waals surface area contributed by atoms with E-state index in [1.54, 1.807) is 0 Å². The Labute approximate surface area is 132 Å². The minimum absolute atomic E-state index is 0.0171. The van der Waals surface area contributed by atoms with Crippen LogP contribution in [0.4, 0.5) is 5.69 Å². The van der Waals surface area contributed by atoms with Crippen molar-refractivity contribution in [1.29, 1.82) is 0 Å². The second-order valence-corrected chi connectivity index (χ2v) is 5.96. The molecule has 3 atom stereocenters. The highest BCUT2D eigenvalue weighted by Gasteiger charge is 2.33. The number of hydrogen-bond donors (Lipinski definition) is 2. The summed E-state index contributed by atoms with van der Waals surface area (Å²) in [5.74, 6) is 0.729. The van der Waals surface area contributed by atoms with Crippen LogP contribution in [0.5, 0.6) is 5.75 Å². The molecule has 0 saturated carbocycles. The second kappa shape index (κ2) is 7.61. The van der Waals surface area contributed by atoms with E-state index in [0.29, 0.717) is 12.4 Å². The van der Waals surface area contributed by atoms with E-state index in [1.807, 2.05) is 38.1 Å². The summed E-state index contributed by atoms with van der Waals surface area (Å²) in [5, 5.41) is 3.00. The number of anilines is 1. The van der Waals surface area contributed by atoms with Gasteiger partial charge in [-0.1, -0.05) is 12.1 Å². The number of para-hydroxylation sites is 2. The molecular formula is C17H27N2O3+. The summed E-state index contributed by atoms with van der Waals surface area (Å²) in [6.45, 7) is 10.3. The highest BCUT2D eigenvalue weighted by molar-refractivity contribution is 5.94. The highest BCUT2D eigenvalue weighted by atomic mass is 16.5. The van der Waals surface area contributed by atoms with E-state index in [-0.39, 0.29) is 24.2 Å². The topological polar surface area (TPSA) is 52.0 Å². The number of carbonyl (C=O) groups excluding carboxylic acids is 1. The van der Waals surface area contributed by atoms with Crippen molar-refractivity contribution in [3.8, 4) is 5.75 Å². The average molecular weight is 307 g/mol. The highest BCUT2D eigenvalue weighted by Crippen LogP contribution is 2.23. The summed E-state index contributed by atoms with van der Waals surface area (Å²) >= 11 is 0. The van der Waals surface area contributed by atoms with Crippen molar-refractivity contribution in [2.75, 3.05) is 25.0 Å². The summed E-state index contributed by atoms with van der Waals surface area (Å²) in [6.07, 6.45) is 0.370. The second-order valence-electron chi connectivity index (χ2n) is 5.96. The first-order valence-electron chi connectivity index (χ1n) is 8.04. The molecule has 22 heavy (non-hydrogen) atoms. The van der Waals surface area contributed by atoms with Gasteiger partial charge in [-0.15, -0.1) is 0 Å². The summed E-state index contributed by atoms with van der Waals surface area (Å²) in [6, 6.07) is 7.42. The summed E-state index contributed by atoms with van der Waals surface area (Å²) < 4.78 is 11.3. The number of amides is 1. The van der Waals surface area contributed by atoms with Gasteiger partial charge in [0.25, 0.3) is 5.91 Å². The van der Waals surface area contributed by atoms with E-state index in [2.05, 4.69) is 19.2 Å². The molecule has 1 amide bonds. The summed E-state index contributed by atoms with van der Waals surface area (Å²) in [4.78, 5) is 13.8. The molecule has 0 spiro atoms. The first-order chi connectivity index (χ1) is 10.5. The Balaban J connectivity index is 2.02. The van der Waals surface area contributed by atoms with Crippen LogP contribution in [-0.4, -0.2) is 43.9 Å². The van der Waals surface area contributed by atoms with Crippen molar-refractivity contribution >= 4 is 11.6 Å². The van der Waals surface area contributed by atoms with Crippen LogP contribution in [0, 0.1) is 0 Å². The van der Waals surface area contributed by atoms with E-state index in [0.717, 1.165) is 18.8 Å². The Bertz CT molecular complexity index is 496. The molecule has 0 aliphatic carbocycles. The molecule has 1 fully saturated rings. The fraction of sp³-hybridized carbons (Fsp3) is 0.588. The van der Waals surface area contributed by atoms with Crippen molar-refractivity contribution in [2.45, 2.75) is 45.9 Å². The van der Waals surface area contributed by atoms with Crippen molar-refractivity contribution in [3.05, 3.63) is 24.3 Å². The quantitative estimate of drug-likeness (QED) is 0.857. The molecule has 0 radical (unpaired) electrons. The molecule has 122 valence electrons. The zero-order valence-corrected chi connectivity index (χ0v) is 13.9. The van der Waals surface area contributed by atoms with E-state index < -0.39 is 0 Å². The Hall–Kier alpha value is -1.59. The Kier molecular flexibility index (Phi) is 5.80. The van der Waals surface area contributed by atoms with Gasteiger partial charge in [-0.2, -0.15) is 0 Å². The van der Waals surface area contributed by atoms with Gasteiger partial charge in [-0.05, 0) is 39.8 Å². The fourth-order valence-corrected chi connectivity index (χ4v) is 2.95. The van der Waals surface area contributed by atoms with Crippen LogP contribution < -0.4 is 15.0 Å². The predicted octanol–water partition coefficient (Wildman–Crippen LogP) is 1.10. The van der Waals surface area contributed by atoms with Crippen LogP contribution in [0.1, 0.15) is 27.7 Å². The van der Waals surface area contributed by atoms with Crippen molar-refractivity contribution in [2.24, 2.45) is 0 Å². The lowest BCUT2D eigenvalue weighted by Crippen LogP contribution is -3.19. The number of morpholine rings is 1. The summed E-state index contributed by atoms with van der Waals surface area (Å²) in [5.41, 5.74) is 0.731. The third-order valence-corrected chi connectivity index (χ3v) is 4.01. The molecule has 1 aromatic rings. The van der Waals surface area contributed by atoms with Crippen LogP contribution in [0.15, 0.2) is 24.3 Å². The third-order valence-electron chi connectivity index (χ3n) is 4.01. The molecule has 1 aromatic carbocycles. The number of nitrogens with one attached hydrogen (secondary N) is 2. The first-order valence-corrected chi connectivity index (χ1v) is 8.04. The third kappa shape index (κ3) is 4.21. The van der Waals surface area contributed by atoms with Crippen LogP contribution >= 0.6 is 0 Å². The Morgan fingerprint density at radius 3 is 2.64 bits per heavy atom. The van der Waals surface area contributed by atoms with E-state index in [1.165, 1.54) is 4.90 Å². The van der Waals surface area contributed by atoms with Gasteiger partial charge in [-0.25, -0.2) is 0 Å². The molecule has 0 bridgehead atoms. The normalized spacial score (nSPS) is 26.3. The van der Waals surface area contributed by atoms with Gasteiger partial charge in [0.2, 0.25) is 0 Å². The first kappa shape index (κ1) is 16.8. The van der Waals surface area contributed by atoms with Crippen LogP contribution in [0.3, 0.4) is 0 Å². The Morgan fingerprint density at radius 2 is 2.00 bits per heavy atom. The standard InChI is InChI=1S/C17H26N2O3/c1-5-21-16-9-7-6-8-15(16)18-17(20)14(4)19-10-12(2)22-13(3)11-19/h6-9,12-14H,5,10-11H2,1-4H3,(H,18,20)/p+1/t12-,13-,14-/m1/s1. The zero-order valence-electron chi connectivity index (χ0n) is 13.9. The minimum atomic E-state index is -0.122. The van der Waals surface area contributed by atoms with Gasteiger partial charge < -0.3 is 19.7 Å². The molecule has 1 aliphatic heterocycles. The summed E-state index contributed by atoms with van der Waals surface area (Å²) in [7, 11) is 0. The molecule has 2 N–H and O–H groups in total. The number of carbonyl (C=O) groups is 1. The maximum atomic E-state index is 12.6. The molecule has 1 saturated heterocycles. The monoisotopic (exact) mass is 307 g/mol. The van der Waals surface area contributed by atoms with E-state index >= 15 is 0 Å². The van der Waals surface area contributed by atoms with Gasteiger partial charge in [0.05, 0.1) is 12.3 Å². The number of rotatable bonds is 5. The lowest BCUT2D eigenvalue weighted by molar-refractivity contribution is -0.928. The van der Waals surface area contributed by atoms with Crippen LogP contribution in [0.25, 0.3) is 0 Å². The van der Waals surface area contributed by atoms with Gasteiger partial charge in [-0.3, -0.25) is 4.79 Å². The van der Waals surface area contributed by atoms with Crippen LogP contribution in [0.2, 0.25) is 0 Å². The van der Waals surface area contributed by atoms with Gasteiger partial charge in [0, 0.05) is 0 Å². The van der Waals surface area contributed by atoms with Gasteiger partial charge in [0.15, 0.2) is 6.04 Å². The molecular weight excluding hydrogens is 280 g/mol. The number of benzene rings is 1. The lowest BCUT2D eigenvalue weighted by atomic mass is 10.1. The van der Waals surface area contributed by atoms with E-state index in [9.17, 15) is 4.79 Å².